The van der Waals surface area contributed by atoms with Gasteiger partial charge in [-0.05, 0) is 12.8 Å². The Morgan fingerprint density at radius 3 is 1.75 bits per heavy atom. The molecule has 3 N–H and O–H groups in total. The molecule has 0 spiro atoms. The van der Waals surface area contributed by atoms with E-state index < -0.39 is 0 Å². The van der Waals surface area contributed by atoms with Crippen molar-refractivity contribution in [2.24, 2.45) is 5.64 Å². The molecule has 1 aliphatic carbocycles. The van der Waals surface area contributed by atoms with Crippen LogP contribution in [0.15, 0.2) is 0 Å². The van der Waals surface area contributed by atoms with Crippen molar-refractivity contribution in [3.05, 3.63) is 0 Å². The first kappa shape index (κ1) is 7.98. The normalized spacial score (nSPS) is 19.8. The van der Waals surface area contributed by atoms with Gasteiger partial charge in [-0.1, -0.05) is 12.8 Å². The fourth-order valence-corrected chi connectivity index (χ4v) is 0.904. The summed E-state index contributed by atoms with van der Waals surface area (Å²) in [6.07, 6.45) is 4.60. The minimum absolute atomic E-state index is 0.0463. The number of aliphatic hydroxyl groups excluding tert-OH is 1. The van der Waals surface area contributed by atoms with E-state index in [1.54, 1.807) is 0 Å². The first-order valence-electron chi connectivity index (χ1n) is 2.91. The molecule has 3 heteroatoms. The maximum atomic E-state index is 8.73. The lowest BCUT2D eigenvalue weighted by Crippen LogP contribution is -1.94. The molecular formula is C5H12BNO. The first-order valence-corrected chi connectivity index (χ1v) is 2.91. The summed E-state index contributed by atoms with van der Waals surface area (Å²) in [5, 5.41) is 8.73. The van der Waals surface area contributed by atoms with Crippen LogP contribution in [0, 0.1) is 0 Å². The van der Waals surface area contributed by atoms with Gasteiger partial charge < -0.3 is 10.8 Å². The molecule has 0 aromatic heterocycles. The van der Waals surface area contributed by atoms with E-state index in [9.17, 15) is 0 Å². The summed E-state index contributed by atoms with van der Waals surface area (Å²) in [5.41, 5.74) is 4.00. The number of hydrogen-bond donors (Lipinski definition) is 2. The van der Waals surface area contributed by atoms with E-state index in [0.717, 1.165) is 12.8 Å². The van der Waals surface area contributed by atoms with Crippen molar-refractivity contribution in [2.75, 3.05) is 0 Å². The largest absolute Gasteiger partial charge is 0.393 e. The van der Waals surface area contributed by atoms with Crippen LogP contribution in [0.2, 0.25) is 0 Å². The Balaban J connectivity index is 0.000000222. The van der Waals surface area contributed by atoms with Crippen molar-refractivity contribution >= 4 is 7.98 Å². The van der Waals surface area contributed by atoms with Crippen molar-refractivity contribution in [1.29, 1.82) is 0 Å². The molecule has 0 unspecified atom stereocenters. The predicted molar refractivity (Wildman–Crippen MR) is 34.4 cm³/mol. The van der Waals surface area contributed by atoms with Gasteiger partial charge in [0, 0.05) is 0 Å². The van der Waals surface area contributed by atoms with Gasteiger partial charge >= 0.3 is 0 Å². The monoisotopic (exact) mass is 113 g/mol. The Hall–Kier alpha value is -0.0151. The molecule has 1 fully saturated rings. The highest BCUT2D eigenvalue weighted by atomic mass is 16.3. The van der Waals surface area contributed by atoms with E-state index in [1.807, 2.05) is 0 Å². The SMILES string of the molecule is OC1CCCC1.[B]N. The lowest BCUT2D eigenvalue weighted by molar-refractivity contribution is 0.183. The molecule has 0 aromatic carbocycles. The standard InChI is InChI=1S/C5H10O.BH2N/c6-5-3-1-2-4-5;1-2/h5-6H,1-4H2;2H2. The smallest absolute Gasteiger partial charge is 0.174 e. The second kappa shape index (κ2) is 5.13. The molecule has 8 heavy (non-hydrogen) atoms. The van der Waals surface area contributed by atoms with E-state index in [1.165, 1.54) is 12.8 Å². The van der Waals surface area contributed by atoms with Crippen LogP contribution in [0.1, 0.15) is 25.7 Å². The van der Waals surface area contributed by atoms with E-state index in [2.05, 4.69) is 13.6 Å². The molecule has 0 atom stereocenters. The molecule has 0 bridgehead atoms. The van der Waals surface area contributed by atoms with Crippen LogP contribution in [-0.2, 0) is 0 Å². The highest BCUT2D eigenvalue weighted by Crippen LogP contribution is 2.16. The lowest BCUT2D eigenvalue weighted by atomic mass is 10.3. The Morgan fingerprint density at radius 1 is 1.25 bits per heavy atom. The van der Waals surface area contributed by atoms with Crippen LogP contribution in [0.25, 0.3) is 0 Å². The molecule has 0 saturated heterocycles. The lowest BCUT2D eigenvalue weighted by Gasteiger charge is -1.91. The van der Waals surface area contributed by atoms with Crippen molar-refractivity contribution in [3.8, 4) is 0 Å². The molecule has 0 aromatic rings. The fourth-order valence-electron chi connectivity index (χ4n) is 0.904. The molecule has 0 aliphatic heterocycles. The summed E-state index contributed by atoms with van der Waals surface area (Å²) < 4.78 is 0. The van der Waals surface area contributed by atoms with Gasteiger partial charge in [0.15, 0.2) is 7.98 Å². The minimum atomic E-state index is 0.0463. The maximum Gasteiger partial charge on any atom is 0.174 e. The van der Waals surface area contributed by atoms with Crippen LogP contribution in [-0.4, -0.2) is 19.2 Å². The quantitative estimate of drug-likeness (QED) is 0.432. The third kappa shape index (κ3) is 3.05. The van der Waals surface area contributed by atoms with Gasteiger partial charge in [-0.2, -0.15) is 0 Å². The van der Waals surface area contributed by atoms with Gasteiger partial charge in [-0.3, -0.25) is 0 Å². The van der Waals surface area contributed by atoms with Crippen molar-refractivity contribution in [1.82, 2.24) is 0 Å². The second-order valence-electron chi connectivity index (χ2n) is 1.94. The molecule has 46 valence electrons. The Morgan fingerprint density at radius 2 is 1.62 bits per heavy atom. The topological polar surface area (TPSA) is 46.2 Å². The number of hydrogen-bond acceptors (Lipinski definition) is 2. The average Bonchev–Trinajstić information content (AvgIpc) is 2.24. The summed E-state index contributed by atoms with van der Waals surface area (Å²) in [4.78, 5) is 0. The zero-order valence-electron chi connectivity index (χ0n) is 5.01. The van der Waals surface area contributed by atoms with Gasteiger partial charge in [0.1, 0.15) is 0 Å². The van der Waals surface area contributed by atoms with Crippen molar-refractivity contribution < 1.29 is 5.11 Å². The van der Waals surface area contributed by atoms with Gasteiger partial charge in [-0.25, -0.2) is 0 Å². The summed E-state index contributed by atoms with van der Waals surface area (Å²) in [6.45, 7) is 0. The zero-order valence-corrected chi connectivity index (χ0v) is 5.01. The van der Waals surface area contributed by atoms with Gasteiger partial charge in [0.2, 0.25) is 0 Å². The molecule has 1 saturated carbocycles. The third-order valence-corrected chi connectivity index (χ3v) is 1.32. The van der Waals surface area contributed by atoms with Gasteiger partial charge in [0.25, 0.3) is 0 Å². The van der Waals surface area contributed by atoms with Crippen LogP contribution in [0.5, 0.6) is 0 Å². The summed E-state index contributed by atoms with van der Waals surface area (Å²) in [7, 11) is 4.00. The Labute approximate surface area is 51.5 Å². The molecule has 2 radical (unpaired) electrons. The first-order chi connectivity index (χ1) is 3.89. The van der Waals surface area contributed by atoms with Crippen molar-refractivity contribution in [3.63, 3.8) is 0 Å². The number of nitrogens with two attached hydrogens (primary N) is 1. The summed E-state index contributed by atoms with van der Waals surface area (Å²) >= 11 is 0. The van der Waals surface area contributed by atoms with Crippen molar-refractivity contribution in [2.45, 2.75) is 31.8 Å². The number of rotatable bonds is 0. The highest BCUT2D eigenvalue weighted by Gasteiger charge is 2.09. The summed E-state index contributed by atoms with van der Waals surface area (Å²) in [6, 6.07) is 0. The Kier molecular flexibility index (Phi) is 5.12. The second-order valence-corrected chi connectivity index (χ2v) is 1.94. The van der Waals surface area contributed by atoms with E-state index in [-0.39, 0.29) is 6.10 Å². The van der Waals surface area contributed by atoms with E-state index in [0.29, 0.717) is 0 Å². The van der Waals surface area contributed by atoms with Crippen LogP contribution in [0.4, 0.5) is 0 Å². The zero-order chi connectivity index (χ0) is 6.41. The van der Waals surface area contributed by atoms with Crippen LogP contribution in [0.3, 0.4) is 0 Å². The molecule has 1 aliphatic rings. The maximum absolute atomic E-state index is 8.73. The molecular weight excluding hydrogens is 101 g/mol. The average molecular weight is 113 g/mol. The fraction of sp³-hybridized carbons (Fsp3) is 1.00. The Bertz CT molecular complexity index is 45.7. The highest BCUT2D eigenvalue weighted by molar-refractivity contribution is 6.02. The minimum Gasteiger partial charge on any atom is -0.393 e. The molecule has 0 amide bonds. The van der Waals surface area contributed by atoms with E-state index >= 15 is 0 Å². The van der Waals surface area contributed by atoms with Crippen LogP contribution >= 0.6 is 0 Å². The van der Waals surface area contributed by atoms with E-state index in [4.69, 9.17) is 5.11 Å². The molecule has 0 heterocycles. The van der Waals surface area contributed by atoms with Gasteiger partial charge in [-0.15, -0.1) is 0 Å². The van der Waals surface area contributed by atoms with Crippen LogP contribution < -0.4 is 5.64 Å². The third-order valence-electron chi connectivity index (χ3n) is 1.32. The number of aliphatic hydroxyl groups is 1. The summed E-state index contributed by atoms with van der Waals surface area (Å²) in [5.74, 6) is 0. The predicted octanol–water partition coefficient (Wildman–Crippen LogP) is -0.0501. The van der Waals surface area contributed by atoms with Gasteiger partial charge in [0.05, 0.1) is 6.10 Å². The molecule has 1 rings (SSSR count). The molecule has 2 nitrogen and oxygen atoms in total.